The summed E-state index contributed by atoms with van der Waals surface area (Å²) >= 11 is 0. The Kier molecular flexibility index (Phi) is 5.33. The first-order chi connectivity index (χ1) is 12.2. The molecule has 1 amide bonds. The van der Waals surface area contributed by atoms with Gasteiger partial charge in [0.2, 0.25) is 0 Å². The number of hydrogen-bond donors (Lipinski definition) is 1. The van der Waals surface area contributed by atoms with Crippen LogP contribution in [0.25, 0.3) is 0 Å². The molecule has 25 heavy (non-hydrogen) atoms. The topological polar surface area (TPSA) is 76.6 Å². The Labute approximate surface area is 147 Å². The van der Waals surface area contributed by atoms with Gasteiger partial charge in [-0.05, 0) is 18.6 Å². The number of unbranched alkanes of at least 4 members (excludes halogenated alkanes) is 1. The quantitative estimate of drug-likeness (QED) is 0.870. The molecule has 0 saturated heterocycles. The lowest BCUT2D eigenvalue weighted by Crippen LogP contribution is -2.28. The molecule has 7 nitrogen and oxygen atoms in total. The van der Waals surface area contributed by atoms with Gasteiger partial charge in [0.15, 0.2) is 11.5 Å². The third-order valence-electron chi connectivity index (χ3n) is 3.89. The van der Waals surface area contributed by atoms with E-state index in [-0.39, 0.29) is 5.91 Å². The second kappa shape index (κ2) is 7.83. The van der Waals surface area contributed by atoms with E-state index in [2.05, 4.69) is 22.2 Å². The van der Waals surface area contributed by atoms with Crippen LogP contribution in [0, 0.1) is 0 Å². The molecular weight excluding hydrogens is 320 g/mol. The maximum absolute atomic E-state index is 12.4. The van der Waals surface area contributed by atoms with Crippen molar-refractivity contribution in [2.24, 2.45) is 0 Å². The third-order valence-corrected chi connectivity index (χ3v) is 3.89. The van der Waals surface area contributed by atoms with Gasteiger partial charge in [-0.25, -0.2) is 9.97 Å². The fourth-order valence-corrected chi connectivity index (χ4v) is 2.50. The van der Waals surface area contributed by atoms with Crippen molar-refractivity contribution >= 4 is 17.4 Å². The maximum Gasteiger partial charge on any atom is 0.272 e. The summed E-state index contributed by atoms with van der Waals surface area (Å²) in [5.74, 6) is 1.87. The molecule has 0 atom stereocenters. The summed E-state index contributed by atoms with van der Waals surface area (Å²) in [6.07, 6.45) is 3.40. The number of carbonyl (C=O) groups is 1. The maximum atomic E-state index is 12.4. The number of ether oxygens (including phenoxy) is 2. The molecule has 0 spiro atoms. The molecule has 3 rings (SSSR count). The number of rotatable bonds is 6. The van der Waals surface area contributed by atoms with Gasteiger partial charge in [0.05, 0.1) is 0 Å². The van der Waals surface area contributed by atoms with Crippen molar-refractivity contribution in [1.82, 2.24) is 14.9 Å². The molecule has 0 radical (unpaired) electrons. The highest BCUT2D eigenvalue weighted by Gasteiger charge is 2.15. The number of carbonyl (C=O) groups excluding carboxylic acids is 1. The SMILES string of the molecule is CCCCN(C)C(=O)c1cc(Nc2ccc3c(c2)OCCO3)ncn1. The predicted molar refractivity (Wildman–Crippen MR) is 94.6 cm³/mol. The van der Waals surface area contributed by atoms with Gasteiger partial charge in [-0.15, -0.1) is 0 Å². The molecule has 1 aromatic carbocycles. The predicted octanol–water partition coefficient (Wildman–Crippen LogP) is 2.86. The van der Waals surface area contributed by atoms with Crippen molar-refractivity contribution in [2.45, 2.75) is 19.8 Å². The average molecular weight is 342 g/mol. The highest BCUT2D eigenvalue weighted by atomic mass is 16.6. The zero-order valence-electron chi connectivity index (χ0n) is 14.5. The highest BCUT2D eigenvalue weighted by Crippen LogP contribution is 2.33. The summed E-state index contributed by atoms with van der Waals surface area (Å²) in [6, 6.07) is 7.24. The Hall–Kier alpha value is -2.83. The van der Waals surface area contributed by atoms with E-state index < -0.39 is 0 Å². The Balaban J connectivity index is 1.72. The fraction of sp³-hybridized carbons (Fsp3) is 0.389. The first-order valence-electron chi connectivity index (χ1n) is 8.41. The van der Waals surface area contributed by atoms with Crippen LogP contribution in [0.5, 0.6) is 11.5 Å². The molecule has 0 aliphatic carbocycles. The van der Waals surface area contributed by atoms with Gasteiger partial charge < -0.3 is 19.7 Å². The number of fused-ring (bicyclic) bond motifs is 1. The number of anilines is 2. The van der Waals surface area contributed by atoms with Crippen molar-refractivity contribution in [2.75, 3.05) is 32.1 Å². The van der Waals surface area contributed by atoms with Gasteiger partial charge >= 0.3 is 0 Å². The Morgan fingerprint density at radius 1 is 1.20 bits per heavy atom. The lowest BCUT2D eigenvalue weighted by Gasteiger charge is -2.19. The van der Waals surface area contributed by atoms with Gasteiger partial charge in [0, 0.05) is 31.4 Å². The number of nitrogens with zero attached hydrogens (tertiary/aromatic N) is 3. The minimum absolute atomic E-state index is 0.110. The molecule has 132 valence electrons. The first-order valence-corrected chi connectivity index (χ1v) is 8.41. The third kappa shape index (κ3) is 4.17. The van der Waals surface area contributed by atoms with E-state index in [1.54, 1.807) is 18.0 Å². The molecule has 1 aliphatic rings. The summed E-state index contributed by atoms with van der Waals surface area (Å²) in [5, 5.41) is 3.17. The molecule has 2 aromatic rings. The van der Waals surface area contributed by atoms with E-state index in [1.807, 2.05) is 18.2 Å². The van der Waals surface area contributed by atoms with Crippen LogP contribution in [0.3, 0.4) is 0 Å². The van der Waals surface area contributed by atoms with Crippen LogP contribution >= 0.6 is 0 Å². The molecule has 1 aromatic heterocycles. The second-order valence-corrected chi connectivity index (χ2v) is 5.85. The average Bonchev–Trinajstić information content (AvgIpc) is 2.65. The Morgan fingerprint density at radius 2 is 2.00 bits per heavy atom. The lowest BCUT2D eigenvalue weighted by atomic mass is 10.2. The Morgan fingerprint density at radius 3 is 2.80 bits per heavy atom. The monoisotopic (exact) mass is 342 g/mol. The van der Waals surface area contributed by atoms with Gasteiger partial charge in [-0.2, -0.15) is 0 Å². The van der Waals surface area contributed by atoms with E-state index >= 15 is 0 Å². The number of aromatic nitrogens is 2. The van der Waals surface area contributed by atoms with Crippen LogP contribution in [0.4, 0.5) is 11.5 Å². The van der Waals surface area contributed by atoms with Crippen LogP contribution in [0.1, 0.15) is 30.3 Å². The van der Waals surface area contributed by atoms with Crippen molar-refractivity contribution in [1.29, 1.82) is 0 Å². The Bertz CT molecular complexity index is 751. The normalized spacial score (nSPS) is 12.6. The summed E-state index contributed by atoms with van der Waals surface area (Å²) in [6.45, 7) is 3.90. The van der Waals surface area contributed by atoms with E-state index in [4.69, 9.17) is 9.47 Å². The fourth-order valence-electron chi connectivity index (χ4n) is 2.50. The largest absolute Gasteiger partial charge is 0.486 e. The summed E-state index contributed by atoms with van der Waals surface area (Å²) in [7, 11) is 1.79. The van der Waals surface area contributed by atoms with Crippen LogP contribution in [-0.4, -0.2) is 47.6 Å². The zero-order valence-corrected chi connectivity index (χ0v) is 14.5. The summed E-state index contributed by atoms with van der Waals surface area (Å²) in [4.78, 5) is 22.4. The zero-order chi connectivity index (χ0) is 17.6. The van der Waals surface area contributed by atoms with Crippen LogP contribution in [0.15, 0.2) is 30.6 Å². The molecule has 0 saturated carbocycles. The minimum Gasteiger partial charge on any atom is -0.486 e. The van der Waals surface area contributed by atoms with E-state index in [1.165, 1.54) is 6.33 Å². The van der Waals surface area contributed by atoms with Gasteiger partial charge in [0.25, 0.3) is 5.91 Å². The molecule has 0 unspecified atom stereocenters. The molecule has 2 heterocycles. The smallest absolute Gasteiger partial charge is 0.272 e. The summed E-state index contributed by atoms with van der Waals surface area (Å²) < 4.78 is 11.1. The van der Waals surface area contributed by atoms with E-state index in [9.17, 15) is 4.79 Å². The molecule has 0 bridgehead atoms. The number of hydrogen-bond acceptors (Lipinski definition) is 6. The van der Waals surface area contributed by atoms with E-state index in [0.717, 1.165) is 24.3 Å². The van der Waals surface area contributed by atoms with Crippen molar-refractivity contribution in [3.05, 3.63) is 36.3 Å². The highest BCUT2D eigenvalue weighted by molar-refractivity contribution is 5.92. The standard InChI is InChI=1S/C18H22N4O3/c1-3-4-7-22(2)18(23)14-11-17(20-12-19-14)21-13-5-6-15-16(10-13)25-9-8-24-15/h5-6,10-12H,3-4,7-9H2,1-2H3,(H,19,20,21). The van der Waals surface area contributed by atoms with Crippen LogP contribution in [-0.2, 0) is 0 Å². The molecule has 7 heteroatoms. The van der Waals surface area contributed by atoms with Gasteiger partial charge in [-0.1, -0.05) is 13.3 Å². The van der Waals surface area contributed by atoms with Gasteiger partial charge in [0.1, 0.15) is 31.1 Å². The lowest BCUT2D eigenvalue weighted by molar-refractivity contribution is 0.0787. The van der Waals surface area contributed by atoms with Crippen molar-refractivity contribution in [3.63, 3.8) is 0 Å². The minimum atomic E-state index is -0.110. The van der Waals surface area contributed by atoms with Crippen LogP contribution in [0.2, 0.25) is 0 Å². The molecule has 0 fully saturated rings. The first kappa shape index (κ1) is 17.0. The number of benzene rings is 1. The molecular formula is C18H22N4O3. The van der Waals surface area contributed by atoms with E-state index in [0.29, 0.717) is 37.0 Å². The molecule has 1 N–H and O–H groups in total. The van der Waals surface area contributed by atoms with Crippen LogP contribution < -0.4 is 14.8 Å². The number of amides is 1. The summed E-state index contributed by atoms with van der Waals surface area (Å²) in [5.41, 5.74) is 1.18. The van der Waals surface area contributed by atoms with Crippen molar-refractivity contribution in [3.8, 4) is 11.5 Å². The van der Waals surface area contributed by atoms with Crippen molar-refractivity contribution < 1.29 is 14.3 Å². The second-order valence-electron chi connectivity index (χ2n) is 5.85. The molecule has 1 aliphatic heterocycles. The number of nitrogens with one attached hydrogen (secondary N) is 1. The van der Waals surface area contributed by atoms with Gasteiger partial charge in [-0.3, -0.25) is 4.79 Å².